The number of aryl methyl sites for hydroxylation is 1. The molecule has 1 heterocycles. The van der Waals surface area contributed by atoms with Crippen molar-refractivity contribution in [3.63, 3.8) is 0 Å². The van der Waals surface area contributed by atoms with E-state index in [9.17, 15) is 5.11 Å². The van der Waals surface area contributed by atoms with E-state index in [2.05, 4.69) is 21.6 Å². The number of hydrogen-bond donors (Lipinski definition) is 2. The first kappa shape index (κ1) is 11.4. The Bertz CT molecular complexity index is 277. The number of rotatable bonds is 5. The number of nitrogens with zero attached hydrogens (tertiary/aromatic N) is 2. The molecule has 0 fully saturated rings. The zero-order valence-electron chi connectivity index (χ0n) is 8.82. The van der Waals surface area contributed by atoms with Crippen LogP contribution in [0.3, 0.4) is 0 Å². The smallest absolute Gasteiger partial charge is 0.202 e. The number of aromatic nitrogens is 2. The van der Waals surface area contributed by atoms with Crippen LogP contribution in [0.4, 0.5) is 5.13 Å². The summed E-state index contributed by atoms with van der Waals surface area (Å²) in [5.41, 5.74) is 0. The quantitative estimate of drug-likeness (QED) is 0.784. The molecule has 0 aliphatic rings. The highest BCUT2D eigenvalue weighted by atomic mass is 32.1. The van der Waals surface area contributed by atoms with Gasteiger partial charge in [0.15, 0.2) is 0 Å². The first-order valence-corrected chi connectivity index (χ1v) is 5.63. The van der Waals surface area contributed by atoms with Crippen LogP contribution in [0.25, 0.3) is 0 Å². The molecule has 0 aromatic carbocycles. The molecule has 5 heteroatoms. The fraction of sp³-hybridized carbons (Fsp3) is 0.778. The lowest BCUT2D eigenvalue weighted by Gasteiger charge is -2.16. The number of aliphatic hydroxyl groups is 1. The van der Waals surface area contributed by atoms with Crippen molar-refractivity contribution in [3.8, 4) is 0 Å². The second-order valence-corrected chi connectivity index (χ2v) is 4.23. The van der Waals surface area contributed by atoms with Gasteiger partial charge in [-0.2, -0.15) is 4.37 Å². The molecule has 1 aromatic heterocycles. The summed E-state index contributed by atoms with van der Waals surface area (Å²) in [6.45, 7) is 6.51. The van der Waals surface area contributed by atoms with Gasteiger partial charge in [0.25, 0.3) is 0 Å². The Kier molecular flexibility index (Phi) is 4.28. The van der Waals surface area contributed by atoms with E-state index >= 15 is 0 Å². The molecule has 2 atom stereocenters. The lowest BCUT2D eigenvalue weighted by atomic mass is 10.0. The Morgan fingerprint density at radius 1 is 1.57 bits per heavy atom. The van der Waals surface area contributed by atoms with Crippen LogP contribution in [-0.2, 0) is 0 Å². The van der Waals surface area contributed by atoms with Crippen molar-refractivity contribution < 1.29 is 5.11 Å². The third-order valence-electron chi connectivity index (χ3n) is 2.29. The van der Waals surface area contributed by atoms with Gasteiger partial charge in [-0.1, -0.05) is 20.3 Å². The van der Waals surface area contributed by atoms with E-state index < -0.39 is 0 Å². The van der Waals surface area contributed by atoms with E-state index in [-0.39, 0.29) is 6.10 Å². The van der Waals surface area contributed by atoms with Crippen molar-refractivity contribution in [3.05, 3.63) is 5.82 Å². The molecule has 0 aliphatic heterocycles. The molecule has 14 heavy (non-hydrogen) atoms. The first-order valence-electron chi connectivity index (χ1n) is 4.85. The van der Waals surface area contributed by atoms with E-state index in [4.69, 9.17) is 0 Å². The van der Waals surface area contributed by atoms with E-state index in [0.29, 0.717) is 12.5 Å². The van der Waals surface area contributed by atoms with Crippen molar-refractivity contribution >= 4 is 16.7 Å². The van der Waals surface area contributed by atoms with Crippen molar-refractivity contribution in [2.45, 2.75) is 33.3 Å². The van der Waals surface area contributed by atoms with Crippen LogP contribution in [0.15, 0.2) is 0 Å². The first-order chi connectivity index (χ1) is 6.63. The molecule has 0 saturated carbocycles. The molecule has 0 amide bonds. The highest BCUT2D eigenvalue weighted by Crippen LogP contribution is 2.12. The maximum absolute atomic E-state index is 9.68. The highest BCUT2D eigenvalue weighted by Gasteiger charge is 2.12. The molecule has 2 N–H and O–H groups in total. The van der Waals surface area contributed by atoms with E-state index in [0.717, 1.165) is 17.4 Å². The molecule has 2 unspecified atom stereocenters. The summed E-state index contributed by atoms with van der Waals surface area (Å²) in [7, 11) is 0. The van der Waals surface area contributed by atoms with Crippen LogP contribution in [-0.4, -0.2) is 27.1 Å². The van der Waals surface area contributed by atoms with Crippen LogP contribution >= 0.6 is 11.5 Å². The predicted octanol–water partition coefficient (Wildman–Crippen LogP) is 1.67. The Labute approximate surface area is 88.6 Å². The summed E-state index contributed by atoms with van der Waals surface area (Å²) in [6, 6.07) is 0. The fourth-order valence-corrected chi connectivity index (χ4v) is 1.61. The maximum Gasteiger partial charge on any atom is 0.202 e. The second-order valence-electron chi connectivity index (χ2n) is 3.48. The maximum atomic E-state index is 9.68. The van der Waals surface area contributed by atoms with Gasteiger partial charge < -0.3 is 10.4 Å². The lowest BCUT2D eigenvalue weighted by Crippen LogP contribution is -2.26. The Morgan fingerprint density at radius 3 is 2.79 bits per heavy atom. The number of anilines is 1. The molecular weight excluding hydrogens is 198 g/mol. The lowest BCUT2D eigenvalue weighted by molar-refractivity contribution is 0.126. The molecule has 0 saturated heterocycles. The SMILES string of the molecule is CCC(C)C(O)CNc1nc(C)ns1. The zero-order valence-corrected chi connectivity index (χ0v) is 9.64. The standard InChI is InChI=1S/C9H17N3OS/c1-4-6(2)8(13)5-10-9-11-7(3)12-14-9/h6,8,13H,4-5H2,1-3H3,(H,10,11,12). The molecule has 1 rings (SSSR count). The number of hydrogen-bond acceptors (Lipinski definition) is 5. The van der Waals surface area contributed by atoms with Crippen molar-refractivity contribution in [2.75, 3.05) is 11.9 Å². The van der Waals surface area contributed by atoms with Gasteiger partial charge in [-0.25, -0.2) is 4.98 Å². The van der Waals surface area contributed by atoms with Gasteiger partial charge in [-0.05, 0) is 12.8 Å². The molecule has 1 aromatic rings. The number of aliphatic hydroxyl groups excluding tert-OH is 1. The topological polar surface area (TPSA) is 58.0 Å². The van der Waals surface area contributed by atoms with Crippen molar-refractivity contribution in [1.29, 1.82) is 0 Å². The average molecular weight is 215 g/mol. The third-order valence-corrected chi connectivity index (χ3v) is 3.05. The van der Waals surface area contributed by atoms with Crippen molar-refractivity contribution in [1.82, 2.24) is 9.36 Å². The van der Waals surface area contributed by atoms with Crippen LogP contribution in [0.1, 0.15) is 26.1 Å². The Balaban J connectivity index is 2.33. The number of nitrogens with one attached hydrogen (secondary N) is 1. The molecule has 0 spiro atoms. The summed E-state index contributed by atoms with van der Waals surface area (Å²) in [5.74, 6) is 1.09. The summed E-state index contributed by atoms with van der Waals surface area (Å²) >= 11 is 1.33. The monoisotopic (exact) mass is 215 g/mol. The van der Waals surface area contributed by atoms with Gasteiger partial charge in [0.05, 0.1) is 6.10 Å². The zero-order chi connectivity index (χ0) is 10.6. The second kappa shape index (κ2) is 5.26. The summed E-state index contributed by atoms with van der Waals surface area (Å²) in [5, 5.41) is 13.5. The van der Waals surface area contributed by atoms with Crippen LogP contribution in [0, 0.1) is 12.8 Å². The molecule has 0 radical (unpaired) electrons. The van der Waals surface area contributed by atoms with Gasteiger partial charge in [0.2, 0.25) is 5.13 Å². The van der Waals surface area contributed by atoms with E-state index in [1.165, 1.54) is 11.5 Å². The minimum Gasteiger partial charge on any atom is -0.391 e. The summed E-state index contributed by atoms with van der Waals surface area (Å²) in [6.07, 6.45) is 0.669. The Morgan fingerprint density at radius 2 is 2.29 bits per heavy atom. The predicted molar refractivity (Wildman–Crippen MR) is 58.6 cm³/mol. The van der Waals surface area contributed by atoms with Gasteiger partial charge in [0.1, 0.15) is 5.82 Å². The van der Waals surface area contributed by atoms with Crippen molar-refractivity contribution in [2.24, 2.45) is 5.92 Å². The molecule has 4 nitrogen and oxygen atoms in total. The van der Waals surface area contributed by atoms with Gasteiger partial charge in [-0.15, -0.1) is 0 Å². The molecular formula is C9H17N3OS. The highest BCUT2D eigenvalue weighted by molar-refractivity contribution is 7.09. The molecule has 0 bridgehead atoms. The molecule has 80 valence electrons. The normalized spacial score (nSPS) is 15.1. The summed E-state index contributed by atoms with van der Waals surface area (Å²) < 4.78 is 4.05. The molecule has 0 aliphatic carbocycles. The average Bonchev–Trinajstić information content (AvgIpc) is 2.59. The van der Waals surface area contributed by atoms with E-state index in [1.807, 2.05) is 13.8 Å². The van der Waals surface area contributed by atoms with Crippen LogP contribution in [0.2, 0.25) is 0 Å². The van der Waals surface area contributed by atoms with Crippen LogP contribution in [0.5, 0.6) is 0 Å². The van der Waals surface area contributed by atoms with Gasteiger partial charge >= 0.3 is 0 Å². The Hall–Kier alpha value is -0.680. The minimum absolute atomic E-state index is 0.316. The summed E-state index contributed by atoms with van der Waals surface area (Å²) in [4.78, 5) is 4.15. The fourth-order valence-electron chi connectivity index (χ4n) is 1.03. The van der Waals surface area contributed by atoms with Gasteiger partial charge in [-0.3, -0.25) is 0 Å². The van der Waals surface area contributed by atoms with Crippen LogP contribution < -0.4 is 5.32 Å². The van der Waals surface area contributed by atoms with E-state index in [1.54, 1.807) is 0 Å². The van der Waals surface area contributed by atoms with Gasteiger partial charge in [0, 0.05) is 18.1 Å². The largest absolute Gasteiger partial charge is 0.391 e. The minimum atomic E-state index is -0.316. The third kappa shape index (κ3) is 3.23.